The molecule has 0 bridgehead atoms. The van der Waals surface area contributed by atoms with Gasteiger partial charge in [0.2, 0.25) is 5.91 Å². The van der Waals surface area contributed by atoms with Gasteiger partial charge in [-0.15, -0.1) is 0 Å². The zero-order valence-corrected chi connectivity index (χ0v) is 15.1. The predicted octanol–water partition coefficient (Wildman–Crippen LogP) is 3.35. The third-order valence-electron chi connectivity index (χ3n) is 4.68. The van der Waals surface area contributed by atoms with E-state index in [4.69, 9.17) is 9.47 Å². The summed E-state index contributed by atoms with van der Waals surface area (Å²) in [5.74, 6) is -0.144. The highest BCUT2D eigenvalue weighted by molar-refractivity contribution is 6.00. The fourth-order valence-electron chi connectivity index (χ4n) is 3.26. The molecular formula is C21H23NO4. The minimum absolute atomic E-state index is 0.0369. The summed E-state index contributed by atoms with van der Waals surface area (Å²) < 4.78 is 10.7. The molecular weight excluding hydrogens is 330 g/mol. The number of nitrogens with zero attached hydrogens (tertiary/aromatic N) is 1. The van der Waals surface area contributed by atoms with Crippen molar-refractivity contribution in [1.29, 1.82) is 0 Å². The van der Waals surface area contributed by atoms with E-state index in [2.05, 4.69) is 6.92 Å². The highest BCUT2D eigenvalue weighted by Crippen LogP contribution is 2.29. The molecule has 3 rings (SSSR count). The molecule has 2 aromatic carbocycles. The van der Waals surface area contributed by atoms with Crippen LogP contribution in [0.1, 0.15) is 24.5 Å². The van der Waals surface area contributed by atoms with Gasteiger partial charge in [-0.05, 0) is 24.1 Å². The number of hydrogen-bond donors (Lipinski definition) is 0. The predicted molar refractivity (Wildman–Crippen MR) is 99.1 cm³/mol. The number of rotatable bonds is 6. The Morgan fingerprint density at radius 3 is 2.54 bits per heavy atom. The Bertz CT molecular complexity index is 802. The molecule has 1 aliphatic rings. The molecule has 5 nitrogen and oxygen atoms in total. The first-order valence-corrected chi connectivity index (χ1v) is 8.80. The van der Waals surface area contributed by atoms with Gasteiger partial charge in [-0.2, -0.15) is 0 Å². The molecule has 1 aliphatic heterocycles. The molecule has 26 heavy (non-hydrogen) atoms. The van der Waals surface area contributed by atoms with Crippen LogP contribution in [0.3, 0.4) is 0 Å². The van der Waals surface area contributed by atoms with Crippen LogP contribution in [0.15, 0.2) is 48.5 Å². The molecule has 136 valence electrons. The highest BCUT2D eigenvalue weighted by Gasteiger charge is 2.36. The summed E-state index contributed by atoms with van der Waals surface area (Å²) in [5.41, 5.74) is 2.80. The third kappa shape index (κ3) is 3.72. The van der Waals surface area contributed by atoms with Crippen LogP contribution in [0.2, 0.25) is 0 Å². The van der Waals surface area contributed by atoms with Gasteiger partial charge >= 0.3 is 5.97 Å². The lowest BCUT2D eigenvalue weighted by atomic mass is 10.1. The fraction of sp³-hybridized carbons (Fsp3) is 0.333. The van der Waals surface area contributed by atoms with Crippen molar-refractivity contribution in [2.24, 2.45) is 5.92 Å². The van der Waals surface area contributed by atoms with Crippen molar-refractivity contribution in [3.63, 3.8) is 0 Å². The van der Waals surface area contributed by atoms with Gasteiger partial charge in [-0.1, -0.05) is 43.3 Å². The molecule has 0 saturated carbocycles. The van der Waals surface area contributed by atoms with E-state index in [0.717, 1.165) is 23.2 Å². The molecule has 1 saturated heterocycles. The van der Waals surface area contributed by atoms with E-state index in [1.54, 1.807) is 12.0 Å². The van der Waals surface area contributed by atoms with Gasteiger partial charge in [0.1, 0.15) is 12.4 Å². The Hall–Kier alpha value is -2.82. The molecule has 2 aromatic rings. The van der Waals surface area contributed by atoms with Crippen LogP contribution in [0.25, 0.3) is 0 Å². The number of para-hydroxylation sites is 2. The average molecular weight is 353 g/mol. The van der Waals surface area contributed by atoms with Gasteiger partial charge in [0.25, 0.3) is 0 Å². The van der Waals surface area contributed by atoms with Crippen molar-refractivity contribution in [1.82, 2.24) is 0 Å². The highest BCUT2D eigenvalue weighted by atomic mass is 16.5. The van der Waals surface area contributed by atoms with Gasteiger partial charge in [0.15, 0.2) is 0 Å². The number of esters is 1. The summed E-state index contributed by atoms with van der Waals surface area (Å²) in [6.07, 6.45) is 1.02. The lowest BCUT2D eigenvalue weighted by Gasteiger charge is -2.19. The van der Waals surface area contributed by atoms with E-state index < -0.39 is 5.92 Å². The maximum absolute atomic E-state index is 12.5. The van der Waals surface area contributed by atoms with Crippen LogP contribution < -0.4 is 9.64 Å². The number of hydrogen-bond acceptors (Lipinski definition) is 4. The monoisotopic (exact) mass is 353 g/mol. The topological polar surface area (TPSA) is 55.8 Å². The normalized spacial score (nSPS) is 16.6. The Balaban J connectivity index is 1.65. The maximum atomic E-state index is 12.5. The second-order valence-electron chi connectivity index (χ2n) is 6.31. The molecule has 0 radical (unpaired) electrons. The van der Waals surface area contributed by atoms with Crippen molar-refractivity contribution < 1.29 is 19.1 Å². The summed E-state index contributed by atoms with van der Waals surface area (Å²) in [7, 11) is 1.58. The van der Waals surface area contributed by atoms with Gasteiger partial charge in [-0.25, -0.2) is 0 Å². The lowest BCUT2D eigenvalue weighted by molar-refractivity contribution is -0.149. The lowest BCUT2D eigenvalue weighted by Crippen LogP contribution is -2.27. The molecule has 1 heterocycles. The number of carbonyl (C=O) groups is 2. The second-order valence-corrected chi connectivity index (χ2v) is 6.31. The van der Waals surface area contributed by atoms with Crippen LogP contribution in [0.4, 0.5) is 5.69 Å². The Kier molecular flexibility index (Phi) is 5.56. The molecule has 0 N–H and O–H groups in total. The van der Waals surface area contributed by atoms with Gasteiger partial charge in [-0.3, -0.25) is 9.59 Å². The number of benzene rings is 2. The molecule has 0 aromatic heterocycles. The van der Waals surface area contributed by atoms with Crippen LogP contribution >= 0.6 is 0 Å². The molecule has 0 aliphatic carbocycles. The fourth-order valence-corrected chi connectivity index (χ4v) is 3.26. The van der Waals surface area contributed by atoms with Gasteiger partial charge in [0, 0.05) is 24.2 Å². The summed E-state index contributed by atoms with van der Waals surface area (Å²) in [6.45, 7) is 2.55. The van der Waals surface area contributed by atoms with Crippen molar-refractivity contribution in [3.8, 4) is 5.75 Å². The second kappa shape index (κ2) is 8.04. The Morgan fingerprint density at radius 2 is 1.81 bits per heavy atom. The van der Waals surface area contributed by atoms with E-state index >= 15 is 0 Å². The molecule has 1 unspecified atom stereocenters. The van der Waals surface area contributed by atoms with Crippen molar-refractivity contribution in [2.45, 2.75) is 26.4 Å². The number of methoxy groups -OCH3 is 1. The number of amides is 1. The summed E-state index contributed by atoms with van der Waals surface area (Å²) >= 11 is 0. The Labute approximate surface area is 153 Å². The minimum Gasteiger partial charge on any atom is -0.496 e. The van der Waals surface area contributed by atoms with Crippen LogP contribution in [-0.4, -0.2) is 25.5 Å². The van der Waals surface area contributed by atoms with Crippen molar-refractivity contribution in [2.75, 3.05) is 18.6 Å². The van der Waals surface area contributed by atoms with E-state index in [1.807, 2.05) is 48.5 Å². The number of anilines is 1. The van der Waals surface area contributed by atoms with E-state index in [-0.39, 0.29) is 24.9 Å². The van der Waals surface area contributed by atoms with Crippen LogP contribution in [0.5, 0.6) is 5.75 Å². The van der Waals surface area contributed by atoms with Gasteiger partial charge in [0.05, 0.1) is 13.0 Å². The quantitative estimate of drug-likeness (QED) is 0.748. The SMILES string of the molecule is CCc1ccccc1N1CC(C(=O)OCc2ccccc2OC)CC1=O. The number of ether oxygens (including phenoxy) is 2. The average Bonchev–Trinajstić information content (AvgIpc) is 3.07. The third-order valence-corrected chi connectivity index (χ3v) is 4.68. The van der Waals surface area contributed by atoms with Crippen molar-refractivity contribution in [3.05, 3.63) is 59.7 Å². The standard InChI is InChI=1S/C21H23NO4/c1-3-15-8-4-6-10-18(15)22-13-17(12-20(22)23)21(24)26-14-16-9-5-7-11-19(16)25-2/h4-11,17H,3,12-14H2,1-2H3. The zero-order chi connectivity index (χ0) is 18.5. The summed E-state index contributed by atoms with van der Waals surface area (Å²) in [5, 5.41) is 0. The molecule has 1 atom stereocenters. The summed E-state index contributed by atoms with van der Waals surface area (Å²) in [6, 6.07) is 15.2. The Morgan fingerprint density at radius 1 is 1.12 bits per heavy atom. The van der Waals surface area contributed by atoms with E-state index in [0.29, 0.717) is 12.3 Å². The summed E-state index contributed by atoms with van der Waals surface area (Å²) in [4.78, 5) is 26.6. The zero-order valence-electron chi connectivity index (χ0n) is 15.1. The molecule has 1 amide bonds. The number of aryl methyl sites for hydroxylation is 1. The molecule has 5 heteroatoms. The smallest absolute Gasteiger partial charge is 0.311 e. The maximum Gasteiger partial charge on any atom is 0.311 e. The minimum atomic E-state index is -0.442. The van der Waals surface area contributed by atoms with Crippen molar-refractivity contribution >= 4 is 17.6 Å². The van der Waals surface area contributed by atoms with E-state index in [1.165, 1.54) is 0 Å². The number of carbonyl (C=O) groups excluding carboxylic acids is 2. The van der Waals surface area contributed by atoms with Crippen LogP contribution in [0, 0.1) is 5.92 Å². The van der Waals surface area contributed by atoms with Gasteiger partial charge < -0.3 is 14.4 Å². The largest absolute Gasteiger partial charge is 0.496 e. The first-order chi connectivity index (χ1) is 12.6. The molecule has 1 fully saturated rings. The van der Waals surface area contributed by atoms with E-state index in [9.17, 15) is 9.59 Å². The first kappa shape index (κ1) is 18.0. The molecule has 0 spiro atoms. The van der Waals surface area contributed by atoms with Crippen LogP contribution in [-0.2, 0) is 27.4 Å². The first-order valence-electron chi connectivity index (χ1n) is 8.80.